The summed E-state index contributed by atoms with van der Waals surface area (Å²) in [7, 11) is -0.531. The molecular formula is C26H33BN2O4. The van der Waals surface area contributed by atoms with Crippen molar-refractivity contribution in [1.29, 1.82) is 5.26 Å². The Balaban J connectivity index is 2.14. The smallest absolute Gasteiger partial charge is 0.443 e. The van der Waals surface area contributed by atoms with Gasteiger partial charge < -0.3 is 14.0 Å². The van der Waals surface area contributed by atoms with Gasteiger partial charge >= 0.3 is 13.2 Å². The number of benzene rings is 2. The molecule has 6 nitrogen and oxygen atoms in total. The van der Waals surface area contributed by atoms with Crippen LogP contribution in [0.2, 0.25) is 0 Å². The molecule has 0 aromatic heterocycles. The van der Waals surface area contributed by atoms with Crippen LogP contribution < -0.4 is 10.4 Å². The summed E-state index contributed by atoms with van der Waals surface area (Å²) in [6, 6.07) is 12.0. The van der Waals surface area contributed by atoms with E-state index in [-0.39, 0.29) is 12.1 Å². The van der Waals surface area contributed by atoms with Crippen LogP contribution >= 0.6 is 0 Å². The molecule has 0 radical (unpaired) electrons. The summed E-state index contributed by atoms with van der Waals surface area (Å²) in [4.78, 5) is 14.7. The molecule has 0 N–H and O–H groups in total. The summed E-state index contributed by atoms with van der Waals surface area (Å²) in [5.74, 6) is 0. The molecule has 2 aromatic rings. The molecular weight excluding hydrogens is 415 g/mol. The first-order valence-electron chi connectivity index (χ1n) is 11.1. The molecule has 174 valence electrons. The van der Waals surface area contributed by atoms with Gasteiger partial charge in [0.15, 0.2) is 0 Å². The van der Waals surface area contributed by atoms with Crippen LogP contribution in [-0.4, -0.2) is 36.6 Å². The Kier molecular flexibility index (Phi) is 6.40. The molecule has 1 heterocycles. The van der Waals surface area contributed by atoms with E-state index in [9.17, 15) is 10.1 Å². The molecule has 33 heavy (non-hydrogen) atoms. The van der Waals surface area contributed by atoms with Crippen molar-refractivity contribution in [3.63, 3.8) is 0 Å². The summed E-state index contributed by atoms with van der Waals surface area (Å²) in [6.45, 7) is 19.3. The molecule has 1 amide bonds. The molecule has 1 aliphatic heterocycles. The van der Waals surface area contributed by atoms with Crippen molar-refractivity contribution >= 4 is 35.1 Å². The van der Waals surface area contributed by atoms with E-state index in [2.05, 4.69) is 6.58 Å². The van der Waals surface area contributed by atoms with Crippen LogP contribution in [0.15, 0.2) is 42.5 Å². The summed E-state index contributed by atoms with van der Waals surface area (Å²) in [5.41, 5.74) is 1.07. The lowest BCUT2D eigenvalue weighted by molar-refractivity contribution is 0.00578. The summed E-state index contributed by atoms with van der Waals surface area (Å²) in [6.07, 6.45) is -0.532. The number of anilines is 1. The standard InChI is InChI=1S/C26H33BN2O4/c1-17(15-28)16-29(23(30)31-24(3,4)5)22-18(2)10-11-19-12-13-20(14-21(19)22)27-32-25(6,7)26(8,9)33-27/h10-14H,1,16H2,2-9H3. The van der Waals surface area contributed by atoms with Crippen LogP contribution in [0.5, 0.6) is 0 Å². The van der Waals surface area contributed by atoms with Crippen molar-refractivity contribution in [1.82, 2.24) is 0 Å². The molecule has 0 spiro atoms. The zero-order valence-corrected chi connectivity index (χ0v) is 20.9. The molecule has 1 saturated heterocycles. The average molecular weight is 448 g/mol. The normalized spacial score (nSPS) is 17.0. The monoisotopic (exact) mass is 448 g/mol. The highest BCUT2D eigenvalue weighted by Gasteiger charge is 2.51. The van der Waals surface area contributed by atoms with Crippen LogP contribution in [0.1, 0.15) is 54.0 Å². The fraction of sp³-hybridized carbons (Fsp3) is 0.462. The molecule has 2 aromatic carbocycles. The van der Waals surface area contributed by atoms with Crippen LogP contribution in [0.25, 0.3) is 10.8 Å². The zero-order valence-electron chi connectivity index (χ0n) is 20.9. The third kappa shape index (κ3) is 5.08. The Bertz CT molecular complexity index is 1130. The van der Waals surface area contributed by atoms with Gasteiger partial charge in [-0.15, -0.1) is 0 Å². The van der Waals surface area contributed by atoms with E-state index >= 15 is 0 Å². The fourth-order valence-corrected chi connectivity index (χ4v) is 3.69. The minimum atomic E-state index is -0.685. The topological polar surface area (TPSA) is 71.8 Å². The van der Waals surface area contributed by atoms with E-state index in [1.54, 1.807) is 0 Å². The lowest BCUT2D eigenvalue weighted by atomic mass is 9.78. The Hall–Kier alpha value is -2.82. The highest BCUT2D eigenvalue weighted by Crippen LogP contribution is 2.37. The van der Waals surface area contributed by atoms with Crippen molar-refractivity contribution in [3.8, 4) is 6.07 Å². The van der Waals surface area contributed by atoms with Gasteiger partial charge in [0.25, 0.3) is 0 Å². The van der Waals surface area contributed by atoms with E-state index in [1.165, 1.54) is 4.90 Å². The zero-order chi connectivity index (χ0) is 24.8. The largest absolute Gasteiger partial charge is 0.494 e. The van der Waals surface area contributed by atoms with Gasteiger partial charge in [0, 0.05) is 11.0 Å². The van der Waals surface area contributed by atoms with Crippen LogP contribution in [0, 0.1) is 18.3 Å². The van der Waals surface area contributed by atoms with Crippen LogP contribution in [0.4, 0.5) is 10.5 Å². The molecule has 0 unspecified atom stereocenters. The van der Waals surface area contributed by atoms with Gasteiger partial charge in [0.2, 0.25) is 0 Å². The number of hydrogen-bond acceptors (Lipinski definition) is 5. The highest BCUT2D eigenvalue weighted by atomic mass is 16.7. The maximum Gasteiger partial charge on any atom is 0.494 e. The van der Waals surface area contributed by atoms with E-state index in [0.717, 1.165) is 21.8 Å². The Morgan fingerprint density at radius 1 is 1.15 bits per heavy atom. The number of nitrogens with zero attached hydrogens (tertiary/aromatic N) is 2. The first kappa shape index (κ1) is 24.8. The molecule has 0 bridgehead atoms. The van der Waals surface area contributed by atoms with E-state index in [1.807, 2.05) is 91.8 Å². The number of fused-ring (bicyclic) bond motifs is 1. The summed E-state index contributed by atoms with van der Waals surface area (Å²) < 4.78 is 18.2. The van der Waals surface area contributed by atoms with E-state index in [0.29, 0.717) is 5.69 Å². The van der Waals surface area contributed by atoms with E-state index in [4.69, 9.17) is 14.0 Å². The van der Waals surface area contributed by atoms with Gasteiger partial charge in [-0.1, -0.05) is 36.9 Å². The van der Waals surface area contributed by atoms with Crippen molar-refractivity contribution in [2.75, 3.05) is 11.4 Å². The number of ether oxygens (including phenoxy) is 1. The van der Waals surface area contributed by atoms with E-state index < -0.39 is 30.0 Å². The van der Waals surface area contributed by atoms with Gasteiger partial charge in [0.05, 0.1) is 29.5 Å². The first-order valence-corrected chi connectivity index (χ1v) is 11.1. The Labute approximate surface area is 197 Å². The molecule has 1 fully saturated rings. The van der Waals surface area contributed by atoms with Crippen LogP contribution in [-0.2, 0) is 14.0 Å². The number of nitriles is 1. The van der Waals surface area contributed by atoms with Crippen molar-refractivity contribution in [2.24, 2.45) is 0 Å². The second-order valence-corrected chi connectivity index (χ2v) is 10.6. The summed E-state index contributed by atoms with van der Waals surface area (Å²) in [5, 5.41) is 11.1. The fourth-order valence-electron chi connectivity index (χ4n) is 3.69. The number of rotatable bonds is 4. The molecule has 1 aliphatic rings. The quantitative estimate of drug-likeness (QED) is 0.471. The van der Waals surface area contributed by atoms with Crippen molar-refractivity contribution in [2.45, 2.75) is 72.2 Å². The first-order chi connectivity index (χ1) is 15.1. The molecule has 7 heteroatoms. The summed E-state index contributed by atoms with van der Waals surface area (Å²) >= 11 is 0. The molecule has 0 atom stereocenters. The van der Waals surface area contributed by atoms with Gasteiger partial charge in [-0.2, -0.15) is 5.26 Å². The Morgan fingerprint density at radius 3 is 2.27 bits per heavy atom. The van der Waals surface area contributed by atoms with Gasteiger partial charge in [-0.3, -0.25) is 4.90 Å². The highest BCUT2D eigenvalue weighted by molar-refractivity contribution is 6.62. The third-order valence-corrected chi connectivity index (χ3v) is 6.14. The van der Waals surface area contributed by atoms with Crippen molar-refractivity contribution in [3.05, 3.63) is 48.0 Å². The van der Waals surface area contributed by atoms with Gasteiger partial charge in [-0.05, 0) is 71.8 Å². The number of amides is 1. The SMILES string of the molecule is C=C(C#N)CN(C(=O)OC(C)(C)C)c1c(C)ccc2ccc(B3OC(C)(C)C(C)(C)O3)cc12. The predicted molar refractivity (Wildman–Crippen MR) is 133 cm³/mol. The second-order valence-electron chi connectivity index (χ2n) is 10.6. The minimum absolute atomic E-state index is 0.0338. The maximum atomic E-state index is 13.2. The number of carbonyl (C=O) groups excluding carboxylic acids is 1. The second kappa shape index (κ2) is 8.51. The third-order valence-electron chi connectivity index (χ3n) is 6.14. The van der Waals surface area contributed by atoms with Gasteiger partial charge in [-0.25, -0.2) is 4.79 Å². The number of aryl methyl sites for hydroxylation is 1. The number of carbonyl (C=O) groups is 1. The average Bonchev–Trinajstić information content (AvgIpc) is 2.91. The Morgan fingerprint density at radius 2 is 1.73 bits per heavy atom. The predicted octanol–water partition coefficient (Wildman–Crippen LogP) is 5.27. The molecule has 0 saturated carbocycles. The molecule has 3 rings (SSSR count). The molecule has 0 aliphatic carbocycles. The lowest BCUT2D eigenvalue weighted by Gasteiger charge is -2.32. The lowest BCUT2D eigenvalue weighted by Crippen LogP contribution is -2.41. The van der Waals surface area contributed by atoms with Crippen LogP contribution in [0.3, 0.4) is 0 Å². The minimum Gasteiger partial charge on any atom is -0.443 e. The van der Waals surface area contributed by atoms with Gasteiger partial charge in [0.1, 0.15) is 5.60 Å². The number of hydrogen-bond donors (Lipinski definition) is 0. The maximum absolute atomic E-state index is 13.2. The van der Waals surface area contributed by atoms with Crippen molar-refractivity contribution < 1.29 is 18.8 Å².